The molecule has 0 aliphatic carbocycles. The van der Waals surface area contributed by atoms with E-state index in [-0.39, 0.29) is 11.2 Å². The van der Waals surface area contributed by atoms with Crippen molar-refractivity contribution >= 4 is 52.5 Å². The van der Waals surface area contributed by atoms with Gasteiger partial charge in [-0.3, -0.25) is 0 Å². The first-order valence-corrected chi connectivity index (χ1v) is 10.4. The molecule has 1 aromatic heterocycles. The Morgan fingerprint density at radius 3 is 2.50 bits per heavy atom. The van der Waals surface area contributed by atoms with Gasteiger partial charge in [0.2, 0.25) is 5.95 Å². The minimum absolute atomic E-state index is 0.0309. The minimum Gasteiger partial charge on any atom is -0.366 e. The smallest absolute Gasteiger partial charge is 0.240 e. The zero-order chi connectivity index (χ0) is 20.1. The van der Waals surface area contributed by atoms with Crippen molar-refractivity contribution in [1.29, 1.82) is 0 Å². The molecule has 3 rings (SSSR count). The van der Waals surface area contributed by atoms with Crippen molar-refractivity contribution in [1.82, 2.24) is 15.2 Å². The number of aromatic nitrogens is 3. The van der Waals surface area contributed by atoms with Gasteiger partial charge in [0.1, 0.15) is 0 Å². The van der Waals surface area contributed by atoms with E-state index >= 15 is 0 Å². The number of aryl methyl sites for hydroxylation is 1. The van der Waals surface area contributed by atoms with Crippen molar-refractivity contribution in [2.75, 3.05) is 5.73 Å². The monoisotopic (exact) mass is 450 g/mol. The molecule has 0 bridgehead atoms. The highest BCUT2D eigenvalue weighted by Gasteiger charge is 2.12. The molecule has 2 N–H and O–H groups in total. The van der Waals surface area contributed by atoms with Crippen LogP contribution in [0.25, 0.3) is 0 Å². The Morgan fingerprint density at radius 2 is 1.79 bits per heavy atom. The van der Waals surface area contributed by atoms with Crippen molar-refractivity contribution in [2.45, 2.75) is 23.5 Å². The highest BCUT2D eigenvalue weighted by Crippen LogP contribution is 2.38. The molecule has 0 amide bonds. The molecule has 1 heterocycles. The van der Waals surface area contributed by atoms with E-state index in [9.17, 15) is 0 Å². The lowest BCUT2D eigenvalue weighted by Gasteiger charge is -2.14. The van der Waals surface area contributed by atoms with Gasteiger partial charge in [0.25, 0.3) is 0 Å². The predicted octanol–water partition coefficient (Wildman–Crippen LogP) is 6.35. The number of thioether (sulfide) groups is 1. The van der Waals surface area contributed by atoms with E-state index in [1.165, 1.54) is 0 Å². The molecular formula is C20H17Cl3N4S. The lowest BCUT2D eigenvalue weighted by atomic mass is 10.1. The molecule has 0 spiro atoms. The van der Waals surface area contributed by atoms with Crippen LogP contribution in [0.5, 0.6) is 0 Å². The Balaban J connectivity index is 1.85. The normalized spacial score (nSPS) is 12.4. The van der Waals surface area contributed by atoms with Gasteiger partial charge in [0.05, 0.1) is 26.7 Å². The largest absolute Gasteiger partial charge is 0.366 e. The first kappa shape index (κ1) is 20.9. The molecule has 0 fully saturated rings. The van der Waals surface area contributed by atoms with Crippen LogP contribution in [0.2, 0.25) is 15.1 Å². The Kier molecular flexibility index (Phi) is 7.18. The van der Waals surface area contributed by atoms with Crippen LogP contribution in [0.15, 0.2) is 59.5 Å². The first-order valence-electron chi connectivity index (χ1n) is 8.42. The van der Waals surface area contributed by atoms with Crippen molar-refractivity contribution in [3.63, 3.8) is 0 Å². The number of nitrogens with two attached hydrogens (primary N) is 1. The molecule has 8 heteroatoms. The van der Waals surface area contributed by atoms with E-state index in [2.05, 4.69) is 21.3 Å². The molecule has 0 aliphatic rings. The standard InChI is InChI=1S/C20H17Cl3N4S/c1-12-18(25-20(24)27-26-12)3-2-4-19(13-5-10-16(22)17(23)11-13)28-15-8-6-14(21)7-9-15/h2,4-11,19H,3H2,1H3,(H2,24,25,27)/b4-2+. The summed E-state index contributed by atoms with van der Waals surface area (Å²) in [7, 11) is 0. The Hall–Kier alpha value is -1.79. The van der Waals surface area contributed by atoms with Crippen LogP contribution < -0.4 is 5.73 Å². The SMILES string of the molecule is Cc1nnc(N)nc1C/C=C/C(Sc1ccc(Cl)cc1)c1ccc(Cl)c(Cl)c1. The molecule has 0 saturated heterocycles. The van der Waals surface area contributed by atoms with E-state index in [1.807, 2.05) is 55.5 Å². The summed E-state index contributed by atoms with van der Waals surface area (Å²) in [5.74, 6) is 0.172. The van der Waals surface area contributed by atoms with E-state index in [1.54, 1.807) is 11.8 Å². The maximum Gasteiger partial charge on any atom is 0.240 e. The van der Waals surface area contributed by atoms with E-state index in [0.717, 1.165) is 21.8 Å². The summed E-state index contributed by atoms with van der Waals surface area (Å²) in [5.41, 5.74) is 8.25. The zero-order valence-electron chi connectivity index (χ0n) is 14.9. The van der Waals surface area contributed by atoms with Crippen molar-refractivity contribution in [3.8, 4) is 0 Å². The van der Waals surface area contributed by atoms with Gasteiger partial charge in [-0.25, -0.2) is 4.98 Å². The number of hydrogen-bond acceptors (Lipinski definition) is 5. The van der Waals surface area contributed by atoms with Crippen LogP contribution in [-0.4, -0.2) is 15.2 Å². The average molecular weight is 452 g/mol. The number of anilines is 1. The summed E-state index contributed by atoms with van der Waals surface area (Å²) in [6.45, 7) is 1.86. The van der Waals surface area contributed by atoms with Gasteiger partial charge in [-0.1, -0.05) is 53.0 Å². The highest BCUT2D eigenvalue weighted by atomic mass is 35.5. The maximum atomic E-state index is 6.23. The van der Waals surface area contributed by atoms with E-state index < -0.39 is 0 Å². The van der Waals surface area contributed by atoms with Crippen molar-refractivity contribution in [3.05, 3.63) is 86.6 Å². The third kappa shape index (κ3) is 5.61. The lowest BCUT2D eigenvalue weighted by molar-refractivity contribution is 0.889. The number of nitrogens with zero attached hydrogens (tertiary/aromatic N) is 3. The van der Waals surface area contributed by atoms with Gasteiger partial charge < -0.3 is 5.73 Å². The second kappa shape index (κ2) is 9.61. The second-order valence-corrected chi connectivity index (χ2v) is 8.47. The molecule has 1 atom stereocenters. The fourth-order valence-electron chi connectivity index (χ4n) is 2.49. The Morgan fingerprint density at radius 1 is 1.04 bits per heavy atom. The summed E-state index contributed by atoms with van der Waals surface area (Å²) in [4.78, 5) is 5.35. The van der Waals surface area contributed by atoms with Crippen molar-refractivity contribution in [2.24, 2.45) is 0 Å². The first-order chi connectivity index (χ1) is 13.4. The molecular weight excluding hydrogens is 435 g/mol. The van der Waals surface area contributed by atoms with Crippen molar-refractivity contribution < 1.29 is 0 Å². The van der Waals surface area contributed by atoms with Gasteiger partial charge in [-0.05, 0) is 48.9 Å². The molecule has 1 unspecified atom stereocenters. The topological polar surface area (TPSA) is 64.7 Å². The lowest BCUT2D eigenvalue weighted by Crippen LogP contribution is -2.04. The highest BCUT2D eigenvalue weighted by molar-refractivity contribution is 7.99. The van der Waals surface area contributed by atoms with Gasteiger partial charge >= 0.3 is 0 Å². The summed E-state index contributed by atoms with van der Waals surface area (Å²) in [6, 6.07) is 13.4. The van der Waals surface area contributed by atoms with Crippen LogP contribution in [0.1, 0.15) is 22.2 Å². The Labute approximate surface area is 183 Å². The van der Waals surface area contributed by atoms with E-state index in [0.29, 0.717) is 21.5 Å². The number of hydrogen-bond donors (Lipinski definition) is 1. The number of benzene rings is 2. The summed E-state index contributed by atoms with van der Waals surface area (Å²) in [6.07, 6.45) is 4.76. The van der Waals surface area contributed by atoms with Crippen LogP contribution in [0.3, 0.4) is 0 Å². The van der Waals surface area contributed by atoms with Gasteiger partial charge in [-0.15, -0.1) is 16.9 Å². The molecule has 0 aliphatic heterocycles. The van der Waals surface area contributed by atoms with E-state index in [4.69, 9.17) is 40.5 Å². The van der Waals surface area contributed by atoms with Gasteiger partial charge in [-0.2, -0.15) is 5.10 Å². The number of rotatable bonds is 6. The Bertz CT molecular complexity index is 993. The molecule has 2 aromatic carbocycles. The maximum absolute atomic E-state index is 6.23. The summed E-state index contributed by atoms with van der Waals surface area (Å²) < 4.78 is 0. The van der Waals surface area contributed by atoms with Crippen LogP contribution >= 0.6 is 46.6 Å². The average Bonchev–Trinajstić information content (AvgIpc) is 2.67. The van der Waals surface area contributed by atoms with Crippen LogP contribution in [0.4, 0.5) is 5.95 Å². The summed E-state index contributed by atoms with van der Waals surface area (Å²) >= 11 is 20.0. The zero-order valence-corrected chi connectivity index (χ0v) is 18.0. The minimum atomic E-state index is 0.0309. The van der Waals surface area contributed by atoms with Crippen LogP contribution in [0, 0.1) is 6.92 Å². The third-order valence-corrected chi connectivity index (χ3v) is 6.16. The molecule has 144 valence electrons. The van der Waals surface area contributed by atoms with Gasteiger partial charge in [0, 0.05) is 16.3 Å². The fourth-order valence-corrected chi connectivity index (χ4v) is 3.98. The molecule has 28 heavy (non-hydrogen) atoms. The fraction of sp³-hybridized carbons (Fsp3) is 0.150. The molecule has 0 radical (unpaired) electrons. The second-order valence-electron chi connectivity index (χ2n) is 6.00. The predicted molar refractivity (Wildman–Crippen MR) is 118 cm³/mol. The third-order valence-electron chi connectivity index (χ3n) is 3.94. The number of allylic oxidation sites excluding steroid dienone is 1. The molecule has 4 nitrogen and oxygen atoms in total. The molecule has 3 aromatic rings. The number of halogens is 3. The quantitative estimate of drug-likeness (QED) is 0.349. The summed E-state index contributed by atoms with van der Waals surface area (Å²) in [5, 5.41) is 9.56. The van der Waals surface area contributed by atoms with Crippen LogP contribution in [-0.2, 0) is 6.42 Å². The van der Waals surface area contributed by atoms with Gasteiger partial charge in [0.15, 0.2) is 0 Å². The number of nitrogen functional groups attached to an aromatic ring is 1. The molecule has 0 saturated carbocycles.